The van der Waals surface area contributed by atoms with Crippen LogP contribution in [0.3, 0.4) is 0 Å². The molecule has 0 spiro atoms. The van der Waals surface area contributed by atoms with Gasteiger partial charge in [-0.3, -0.25) is 9.69 Å². The van der Waals surface area contributed by atoms with Gasteiger partial charge in [-0.25, -0.2) is 0 Å². The van der Waals surface area contributed by atoms with E-state index in [1.807, 2.05) is 6.92 Å². The first-order chi connectivity index (χ1) is 10.6. The van der Waals surface area contributed by atoms with E-state index in [0.29, 0.717) is 29.7 Å². The molecular weight excluding hydrogens is 300 g/mol. The summed E-state index contributed by atoms with van der Waals surface area (Å²) in [6.07, 6.45) is 3.62. The first kappa shape index (κ1) is 16.3. The number of nitrogens with one attached hydrogen (secondary N) is 1. The SMILES string of the molecule is CCCCN1C(=O)C(=Cc2ccc(O)c(OCC)c2)NC1=S. The van der Waals surface area contributed by atoms with Crippen LogP contribution in [0.5, 0.6) is 11.5 Å². The molecule has 1 saturated heterocycles. The lowest BCUT2D eigenvalue weighted by molar-refractivity contribution is -0.122. The number of carbonyl (C=O) groups excluding carboxylic acids is 1. The largest absolute Gasteiger partial charge is 0.504 e. The molecule has 118 valence electrons. The molecule has 1 heterocycles. The molecule has 0 saturated carbocycles. The molecule has 1 aromatic carbocycles. The van der Waals surface area contributed by atoms with Crippen molar-refractivity contribution in [3.8, 4) is 11.5 Å². The van der Waals surface area contributed by atoms with Gasteiger partial charge in [0, 0.05) is 6.54 Å². The molecule has 1 aliphatic rings. The normalized spacial score (nSPS) is 16.3. The molecule has 0 unspecified atom stereocenters. The number of benzene rings is 1. The molecule has 6 heteroatoms. The van der Waals surface area contributed by atoms with Crippen molar-refractivity contribution in [1.82, 2.24) is 10.2 Å². The van der Waals surface area contributed by atoms with E-state index >= 15 is 0 Å². The van der Waals surface area contributed by atoms with Crippen LogP contribution in [-0.2, 0) is 4.79 Å². The maximum Gasteiger partial charge on any atom is 0.276 e. The number of aromatic hydroxyl groups is 1. The quantitative estimate of drug-likeness (QED) is 0.623. The average molecular weight is 320 g/mol. The zero-order chi connectivity index (χ0) is 16.1. The van der Waals surface area contributed by atoms with Crippen molar-refractivity contribution >= 4 is 29.3 Å². The Labute approximate surface area is 135 Å². The summed E-state index contributed by atoms with van der Waals surface area (Å²) in [6.45, 7) is 4.99. The first-order valence-electron chi connectivity index (χ1n) is 7.37. The highest BCUT2D eigenvalue weighted by atomic mass is 32.1. The van der Waals surface area contributed by atoms with Crippen LogP contribution < -0.4 is 10.1 Å². The lowest BCUT2D eigenvalue weighted by Crippen LogP contribution is -2.31. The third kappa shape index (κ3) is 3.57. The lowest BCUT2D eigenvalue weighted by Gasteiger charge is -2.12. The Bertz CT molecular complexity index is 613. The van der Waals surface area contributed by atoms with Crippen molar-refractivity contribution in [2.75, 3.05) is 13.2 Å². The summed E-state index contributed by atoms with van der Waals surface area (Å²) in [5, 5.41) is 13.1. The van der Waals surface area contributed by atoms with Crippen LogP contribution in [0.2, 0.25) is 0 Å². The standard InChI is InChI=1S/C16H20N2O3S/c1-3-5-8-18-15(20)12(17-16(18)22)9-11-6-7-13(19)14(10-11)21-4-2/h6-7,9-10,19H,3-5,8H2,1-2H3,(H,17,22). The molecule has 2 N–H and O–H groups in total. The topological polar surface area (TPSA) is 61.8 Å². The monoisotopic (exact) mass is 320 g/mol. The molecule has 1 aliphatic heterocycles. The number of rotatable bonds is 6. The van der Waals surface area contributed by atoms with Crippen molar-refractivity contribution in [3.05, 3.63) is 29.5 Å². The summed E-state index contributed by atoms with van der Waals surface area (Å²) in [6, 6.07) is 4.96. The summed E-state index contributed by atoms with van der Waals surface area (Å²) in [5.74, 6) is 0.354. The zero-order valence-electron chi connectivity index (χ0n) is 12.8. The van der Waals surface area contributed by atoms with Gasteiger partial charge in [0.1, 0.15) is 5.70 Å². The van der Waals surface area contributed by atoms with Gasteiger partial charge in [-0.15, -0.1) is 0 Å². The maximum absolute atomic E-state index is 12.3. The number of ether oxygens (including phenoxy) is 1. The lowest BCUT2D eigenvalue weighted by atomic mass is 10.1. The Morgan fingerprint density at radius 2 is 2.18 bits per heavy atom. The van der Waals surface area contributed by atoms with Gasteiger partial charge in [-0.1, -0.05) is 19.4 Å². The van der Waals surface area contributed by atoms with Crippen LogP contribution in [0.1, 0.15) is 32.3 Å². The van der Waals surface area contributed by atoms with Gasteiger partial charge in [-0.2, -0.15) is 0 Å². The summed E-state index contributed by atoms with van der Waals surface area (Å²) in [5.41, 5.74) is 1.20. The fourth-order valence-electron chi connectivity index (χ4n) is 2.15. The predicted octanol–water partition coefficient (Wildman–Crippen LogP) is 2.65. The van der Waals surface area contributed by atoms with Gasteiger partial charge in [0.15, 0.2) is 16.6 Å². The molecule has 0 aliphatic carbocycles. The molecule has 0 radical (unpaired) electrons. The van der Waals surface area contributed by atoms with Crippen molar-refractivity contribution in [3.63, 3.8) is 0 Å². The highest BCUT2D eigenvalue weighted by Crippen LogP contribution is 2.28. The van der Waals surface area contributed by atoms with Crippen LogP contribution >= 0.6 is 12.2 Å². The third-order valence-corrected chi connectivity index (χ3v) is 3.61. The number of hydrogen-bond acceptors (Lipinski definition) is 4. The van der Waals surface area contributed by atoms with E-state index < -0.39 is 0 Å². The number of thiocarbonyl (C=S) groups is 1. The fourth-order valence-corrected chi connectivity index (χ4v) is 2.43. The highest BCUT2D eigenvalue weighted by Gasteiger charge is 2.29. The Hall–Kier alpha value is -2.08. The van der Waals surface area contributed by atoms with Gasteiger partial charge in [0.05, 0.1) is 6.61 Å². The molecule has 1 aromatic rings. The summed E-state index contributed by atoms with van der Waals surface area (Å²) in [4.78, 5) is 13.9. The second-order valence-corrected chi connectivity index (χ2v) is 5.35. The van der Waals surface area contributed by atoms with Crippen LogP contribution in [0, 0.1) is 0 Å². The number of nitrogens with zero attached hydrogens (tertiary/aromatic N) is 1. The van der Waals surface area contributed by atoms with Gasteiger partial charge in [0.2, 0.25) is 0 Å². The molecule has 1 amide bonds. The Balaban J connectivity index is 2.21. The predicted molar refractivity (Wildman–Crippen MR) is 89.6 cm³/mol. The van der Waals surface area contributed by atoms with Crippen LogP contribution in [0.4, 0.5) is 0 Å². The van der Waals surface area contributed by atoms with Gasteiger partial charge >= 0.3 is 0 Å². The number of phenols is 1. The van der Waals surface area contributed by atoms with E-state index in [4.69, 9.17) is 17.0 Å². The Morgan fingerprint density at radius 1 is 1.41 bits per heavy atom. The molecule has 1 fully saturated rings. The maximum atomic E-state index is 12.3. The summed E-state index contributed by atoms with van der Waals surface area (Å²) < 4.78 is 5.34. The molecule has 0 bridgehead atoms. The van der Waals surface area contributed by atoms with Crippen molar-refractivity contribution in [2.24, 2.45) is 0 Å². The summed E-state index contributed by atoms with van der Waals surface area (Å²) in [7, 11) is 0. The van der Waals surface area contributed by atoms with Gasteiger partial charge in [-0.05, 0) is 49.3 Å². The molecule has 0 aromatic heterocycles. The van der Waals surface area contributed by atoms with E-state index in [1.54, 1.807) is 29.2 Å². The van der Waals surface area contributed by atoms with E-state index in [2.05, 4.69) is 12.2 Å². The number of phenolic OH excluding ortho intramolecular Hbond substituents is 1. The van der Waals surface area contributed by atoms with Crippen LogP contribution in [0.15, 0.2) is 23.9 Å². The Morgan fingerprint density at radius 3 is 2.86 bits per heavy atom. The van der Waals surface area contributed by atoms with E-state index in [-0.39, 0.29) is 11.7 Å². The van der Waals surface area contributed by atoms with Gasteiger partial charge in [0.25, 0.3) is 5.91 Å². The smallest absolute Gasteiger partial charge is 0.276 e. The number of hydrogen-bond donors (Lipinski definition) is 2. The van der Waals surface area contributed by atoms with Crippen molar-refractivity contribution < 1.29 is 14.6 Å². The molecule has 2 rings (SSSR count). The second-order valence-electron chi connectivity index (χ2n) is 4.96. The minimum atomic E-state index is -0.121. The third-order valence-electron chi connectivity index (χ3n) is 3.29. The van der Waals surface area contributed by atoms with E-state index in [0.717, 1.165) is 18.4 Å². The van der Waals surface area contributed by atoms with Crippen LogP contribution in [-0.4, -0.2) is 34.2 Å². The average Bonchev–Trinajstić information content (AvgIpc) is 2.75. The minimum Gasteiger partial charge on any atom is -0.504 e. The zero-order valence-corrected chi connectivity index (χ0v) is 13.6. The molecule has 0 atom stereocenters. The minimum absolute atomic E-state index is 0.0785. The molecular formula is C16H20N2O3S. The van der Waals surface area contributed by atoms with Crippen LogP contribution in [0.25, 0.3) is 6.08 Å². The van der Waals surface area contributed by atoms with Gasteiger partial charge < -0.3 is 15.2 Å². The molecule has 5 nitrogen and oxygen atoms in total. The molecule has 22 heavy (non-hydrogen) atoms. The van der Waals surface area contributed by atoms with E-state index in [1.165, 1.54) is 0 Å². The summed E-state index contributed by atoms with van der Waals surface area (Å²) >= 11 is 5.20. The number of amides is 1. The number of carbonyl (C=O) groups is 1. The number of unbranched alkanes of at least 4 members (excludes halogenated alkanes) is 1. The van der Waals surface area contributed by atoms with Crippen molar-refractivity contribution in [2.45, 2.75) is 26.7 Å². The van der Waals surface area contributed by atoms with E-state index in [9.17, 15) is 9.90 Å². The second kappa shape index (κ2) is 7.26. The first-order valence-corrected chi connectivity index (χ1v) is 7.78. The van der Waals surface area contributed by atoms with Crippen molar-refractivity contribution in [1.29, 1.82) is 0 Å². The Kier molecular flexibility index (Phi) is 5.38. The fraction of sp³-hybridized carbons (Fsp3) is 0.375. The highest BCUT2D eigenvalue weighted by molar-refractivity contribution is 7.80.